The number of nitro groups is 1. The number of carbonyl (C=O) groups is 1. The summed E-state index contributed by atoms with van der Waals surface area (Å²) in [7, 11) is 0. The molecule has 0 saturated carbocycles. The van der Waals surface area contributed by atoms with Crippen LogP contribution >= 0.6 is 15.9 Å². The monoisotopic (exact) mass is 330 g/mol. The average Bonchev–Trinajstić information content (AvgIpc) is 2.36. The third kappa shape index (κ3) is 4.60. The molecule has 0 fully saturated rings. The molecule has 0 radical (unpaired) electrons. The van der Waals surface area contributed by atoms with Crippen molar-refractivity contribution in [1.29, 1.82) is 0 Å². The fourth-order valence-electron chi connectivity index (χ4n) is 1.44. The highest BCUT2D eigenvalue weighted by molar-refractivity contribution is 9.10. The number of hydrogen-bond donors (Lipinski definition) is 1. The summed E-state index contributed by atoms with van der Waals surface area (Å²) >= 11 is 3.07. The van der Waals surface area contributed by atoms with Gasteiger partial charge in [0.1, 0.15) is 0 Å². The van der Waals surface area contributed by atoms with Crippen LogP contribution in [0.5, 0.6) is 0 Å². The van der Waals surface area contributed by atoms with E-state index in [0.717, 1.165) is 0 Å². The van der Waals surface area contributed by atoms with Crippen molar-refractivity contribution in [3.05, 3.63) is 38.3 Å². The minimum Gasteiger partial charge on any atom is -0.380 e. The number of carbonyl (C=O) groups excluding carboxylic acids is 1. The Bertz CT molecular complexity index is 479. The van der Waals surface area contributed by atoms with E-state index >= 15 is 0 Å². The minimum absolute atomic E-state index is 0.134. The van der Waals surface area contributed by atoms with Crippen molar-refractivity contribution in [3.63, 3.8) is 0 Å². The van der Waals surface area contributed by atoms with Crippen molar-refractivity contribution in [2.75, 3.05) is 13.2 Å². The van der Waals surface area contributed by atoms with Crippen LogP contribution in [0.1, 0.15) is 24.2 Å². The Labute approximate surface area is 119 Å². The normalized spacial score (nSPS) is 11.9. The van der Waals surface area contributed by atoms with E-state index in [1.54, 1.807) is 6.92 Å². The van der Waals surface area contributed by atoms with Crippen molar-refractivity contribution in [2.24, 2.45) is 0 Å². The van der Waals surface area contributed by atoms with Crippen LogP contribution in [-0.4, -0.2) is 30.1 Å². The van der Waals surface area contributed by atoms with Gasteiger partial charge < -0.3 is 10.1 Å². The van der Waals surface area contributed by atoms with E-state index in [0.29, 0.717) is 17.7 Å². The lowest BCUT2D eigenvalue weighted by molar-refractivity contribution is -0.385. The van der Waals surface area contributed by atoms with Gasteiger partial charge >= 0.3 is 0 Å². The molecule has 1 atom stereocenters. The second-order valence-corrected chi connectivity index (χ2v) is 4.81. The highest BCUT2D eigenvalue weighted by atomic mass is 79.9. The number of benzene rings is 1. The van der Waals surface area contributed by atoms with Crippen molar-refractivity contribution in [3.8, 4) is 0 Å². The predicted molar refractivity (Wildman–Crippen MR) is 74.2 cm³/mol. The topological polar surface area (TPSA) is 81.5 Å². The predicted octanol–water partition coefficient (Wildman–Crippen LogP) is 2.51. The maximum atomic E-state index is 11.9. The van der Waals surface area contributed by atoms with Crippen molar-refractivity contribution in [2.45, 2.75) is 19.9 Å². The number of nitrogens with one attached hydrogen (secondary N) is 1. The Kier molecular flexibility index (Phi) is 5.91. The van der Waals surface area contributed by atoms with Crippen molar-refractivity contribution < 1.29 is 14.5 Å². The molecule has 7 heteroatoms. The molecule has 0 saturated heterocycles. The Hall–Kier alpha value is -1.47. The molecule has 0 aliphatic rings. The first-order valence-corrected chi connectivity index (χ1v) is 6.57. The number of nitro benzene ring substituents is 1. The molecule has 1 N–H and O–H groups in total. The lowest BCUT2D eigenvalue weighted by atomic mass is 10.2. The first-order chi connectivity index (χ1) is 8.95. The lowest BCUT2D eigenvalue weighted by Crippen LogP contribution is -2.35. The molecule has 0 aromatic heterocycles. The summed E-state index contributed by atoms with van der Waals surface area (Å²) in [6.07, 6.45) is 0. The van der Waals surface area contributed by atoms with E-state index in [1.807, 2.05) is 6.92 Å². The summed E-state index contributed by atoms with van der Waals surface area (Å²) in [5, 5.41) is 13.5. The number of rotatable bonds is 6. The van der Waals surface area contributed by atoms with E-state index in [4.69, 9.17) is 4.74 Å². The van der Waals surface area contributed by atoms with Gasteiger partial charge in [-0.15, -0.1) is 0 Å². The van der Waals surface area contributed by atoms with Crippen LogP contribution in [0, 0.1) is 10.1 Å². The van der Waals surface area contributed by atoms with Crippen molar-refractivity contribution in [1.82, 2.24) is 5.32 Å². The second kappa shape index (κ2) is 7.20. The Balaban J connectivity index is 2.77. The van der Waals surface area contributed by atoms with E-state index < -0.39 is 4.92 Å². The zero-order valence-electron chi connectivity index (χ0n) is 10.7. The SMILES string of the molecule is CCOCC(C)NC(=O)c1ccc(Br)c([N+](=O)[O-])c1. The molecule has 6 nitrogen and oxygen atoms in total. The van der Waals surface area contributed by atoms with Gasteiger partial charge in [0.25, 0.3) is 11.6 Å². The van der Waals surface area contributed by atoms with Crippen LogP contribution in [0.4, 0.5) is 5.69 Å². The minimum atomic E-state index is -0.537. The molecule has 0 aliphatic carbocycles. The molecule has 1 aromatic carbocycles. The number of halogens is 1. The van der Waals surface area contributed by atoms with Gasteiger partial charge in [0.2, 0.25) is 0 Å². The lowest BCUT2D eigenvalue weighted by Gasteiger charge is -2.13. The molecule has 104 valence electrons. The molecule has 0 spiro atoms. The Morgan fingerprint density at radius 3 is 2.84 bits per heavy atom. The zero-order chi connectivity index (χ0) is 14.4. The molecule has 1 unspecified atom stereocenters. The third-order valence-corrected chi connectivity index (χ3v) is 3.03. The second-order valence-electron chi connectivity index (χ2n) is 3.96. The van der Waals surface area contributed by atoms with Crippen LogP contribution in [0.3, 0.4) is 0 Å². The first-order valence-electron chi connectivity index (χ1n) is 5.78. The number of nitrogens with zero attached hydrogens (tertiary/aromatic N) is 1. The Morgan fingerprint density at radius 2 is 2.26 bits per heavy atom. The molecule has 19 heavy (non-hydrogen) atoms. The standard InChI is InChI=1S/C12H15BrN2O4/c1-3-19-7-8(2)14-12(16)9-4-5-10(13)11(6-9)15(17)18/h4-6,8H,3,7H2,1-2H3,(H,14,16). The van der Waals surface area contributed by atoms with E-state index in [2.05, 4.69) is 21.2 Å². The largest absolute Gasteiger partial charge is 0.380 e. The van der Waals surface area contributed by atoms with Crippen LogP contribution in [0.15, 0.2) is 22.7 Å². The molecule has 1 rings (SSSR count). The molecule has 0 heterocycles. The zero-order valence-corrected chi connectivity index (χ0v) is 12.3. The fourth-order valence-corrected chi connectivity index (χ4v) is 1.83. The third-order valence-electron chi connectivity index (χ3n) is 2.35. The fraction of sp³-hybridized carbons (Fsp3) is 0.417. The maximum absolute atomic E-state index is 11.9. The van der Waals surface area contributed by atoms with Crippen LogP contribution in [0.25, 0.3) is 0 Å². The van der Waals surface area contributed by atoms with Gasteiger partial charge in [-0.1, -0.05) is 0 Å². The summed E-state index contributed by atoms with van der Waals surface area (Å²) in [6, 6.07) is 4.10. The van der Waals surface area contributed by atoms with Crippen molar-refractivity contribution >= 4 is 27.5 Å². The van der Waals surface area contributed by atoms with Gasteiger partial charge in [-0.3, -0.25) is 14.9 Å². The number of hydrogen-bond acceptors (Lipinski definition) is 4. The molecule has 1 aromatic rings. The highest BCUT2D eigenvalue weighted by Gasteiger charge is 2.17. The van der Waals surface area contributed by atoms with Gasteiger partial charge in [0, 0.05) is 24.3 Å². The molecular weight excluding hydrogens is 316 g/mol. The van der Waals surface area contributed by atoms with Gasteiger partial charge in [-0.25, -0.2) is 0 Å². The van der Waals surface area contributed by atoms with Crippen LogP contribution < -0.4 is 5.32 Å². The van der Waals surface area contributed by atoms with Gasteiger partial charge in [0.05, 0.1) is 16.0 Å². The van der Waals surface area contributed by atoms with E-state index in [9.17, 15) is 14.9 Å². The van der Waals surface area contributed by atoms with Crippen LogP contribution in [-0.2, 0) is 4.74 Å². The maximum Gasteiger partial charge on any atom is 0.284 e. The summed E-state index contributed by atoms with van der Waals surface area (Å²) in [4.78, 5) is 22.1. The quantitative estimate of drug-likeness (QED) is 0.641. The molecular formula is C12H15BrN2O4. The van der Waals surface area contributed by atoms with E-state index in [-0.39, 0.29) is 23.2 Å². The average molecular weight is 331 g/mol. The molecule has 1 amide bonds. The van der Waals surface area contributed by atoms with Crippen LogP contribution in [0.2, 0.25) is 0 Å². The summed E-state index contributed by atoms with van der Waals surface area (Å²) in [5.74, 6) is -0.359. The van der Waals surface area contributed by atoms with Gasteiger partial charge in [0.15, 0.2) is 0 Å². The summed E-state index contributed by atoms with van der Waals surface area (Å²) in [6.45, 7) is 4.65. The summed E-state index contributed by atoms with van der Waals surface area (Å²) in [5.41, 5.74) is 0.114. The van der Waals surface area contributed by atoms with Gasteiger partial charge in [-0.05, 0) is 41.9 Å². The molecule has 0 aliphatic heterocycles. The Morgan fingerprint density at radius 1 is 1.58 bits per heavy atom. The highest BCUT2D eigenvalue weighted by Crippen LogP contribution is 2.25. The van der Waals surface area contributed by atoms with Gasteiger partial charge in [-0.2, -0.15) is 0 Å². The number of ether oxygens (including phenoxy) is 1. The smallest absolute Gasteiger partial charge is 0.284 e. The van der Waals surface area contributed by atoms with E-state index in [1.165, 1.54) is 18.2 Å². The summed E-state index contributed by atoms with van der Waals surface area (Å²) < 4.78 is 5.53. The number of amides is 1. The molecule has 0 bridgehead atoms. The first kappa shape index (κ1) is 15.6.